The molecule has 0 radical (unpaired) electrons. The van der Waals surface area contributed by atoms with Crippen LogP contribution in [-0.4, -0.2) is 77.5 Å². The number of aryl methyl sites for hydroxylation is 3. The number of aromatic amines is 1. The predicted octanol–water partition coefficient (Wildman–Crippen LogP) is 4.75. The Bertz CT molecular complexity index is 1830. The van der Waals surface area contributed by atoms with E-state index in [0.717, 1.165) is 49.9 Å². The first-order chi connectivity index (χ1) is 20.4. The number of amides is 1. The van der Waals surface area contributed by atoms with Gasteiger partial charge in [-0.1, -0.05) is 11.2 Å². The summed E-state index contributed by atoms with van der Waals surface area (Å²) in [4.78, 5) is 28.6. The van der Waals surface area contributed by atoms with E-state index in [-0.39, 0.29) is 5.91 Å². The molecule has 1 saturated heterocycles. The summed E-state index contributed by atoms with van der Waals surface area (Å²) in [6.45, 7) is 8.88. The zero-order valence-corrected chi connectivity index (χ0v) is 24.0. The van der Waals surface area contributed by atoms with Gasteiger partial charge >= 0.3 is 0 Å². The average molecular weight is 570 g/mol. The molecule has 11 heteroatoms. The van der Waals surface area contributed by atoms with Crippen LogP contribution < -0.4 is 9.47 Å². The second kappa shape index (κ2) is 10.4. The molecule has 0 aliphatic carbocycles. The van der Waals surface area contributed by atoms with E-state index in [2.05, 4.69) is 10.1 Å². The summed E-state index contributed by atoms with van der Waals surface area (Å²) in [6, 6.07) is 7.82. The number of carbonyl (C=O) groups excluding carboxylic acids is 1. The summed E-state index contributed by atoms with van der Waals surface area (Å²) < 4.78 is 28.9. The molecule has 216 valence electrons. The van der Waals surface area contributed by atoms with Crippen molar-refractivity contribution in [3.63, 3.8) is 0 Å². The van der Waals surface area contributed by atoms with Gasteiger partial charge in [0.2, 0.25) is 0 Å². The molecule has 2 aliphatic heterocycles. The minimum absolute atomic E-state index is 0.0734. The van der Waals surface area contributed by atoms with E-state index in [0.29, 0.717) is 80.4 Å². The molecule has 1 fully saturated rings. The lowest BCUT2D eigenvalue weighted by atomic mass is 9.96. The number of nitrogens with one attached hydrogen (secondary N) is 1. The van der Waals surface area contributed by atoms with Crippen molar-refractivity contribution in [2.24, 2.45) is 0 Å². The van der Waals surface area contributed by atoms with E-state index in [1.165, 1.54) is 0 Å². The third kappa shape index (κ3) is 4.27. The molecule has 2 aromatic carbocycles. The van der Waals surface area contributed by atoms with Gasteiger partial charge in [-0.2, -0.15) is 0 Å². The molecule has 3 aromatic heterocycles. The first-order valence-electron chi connectivity index (χ1n) is 14.0. The van der Waals surface area contributed by atoms with Crippen molar-refractivity contribution in [2.75, 3.05) is 46.6 Å². The summed E-state index contributed by atoms with van der Waals surface area (Å²) in [5.41, 5.74) is 7.00. The van der Waals surface area contributed by atoms with Crippen molar-refractivity contribution in [1.82, 2.24) is 25.0 Å². The smallest absolute Gasteiger partial charge is 0.257 e. The second-order valence-electron chi connectivity index (χ2n) is 10.5. The van der Waals surface area contributed by atoms with E-state index in [1.54, 1.807) is 7.11 Å². The number of ether oxygens (including phenoxy) is 4. The molecule has 0 atom stereocenters. The highest BCUT2D eigenvalue weighted by Crippen LogP contribution is 2.43. The minimum atomic E-state index is -0.0734. The SMILES string of the molecule is COc1cc2c(cc1-c1c(C)noc1C)[nH]c1nc(C)nc(-c3ccc(C(=O)N4CCOCC4)c4c3COCCO4)c12. The molecule has 42 heavy (non-hydrogen) atoms. The quantitative estimate of drug-likeness (QED) is 0.326. The number of H-pyrrole nitrogens is 1. The van der Waals surface area contributed by atoms with Crippen LogP contribution in [0, 0.1) is 20.8 Å². The Morgan fingerprint density at radius 1 is 1.00 bits per heavy atom. The summed E-state index contributed by atoms with van der Waals surface area (Å²) in [7, 11) is 1.65. The van der Waals surface area contributed by atoms with Crippen molar-refractivity contribution in [3.8, 4) is 33.9 Å². The monoisotopic (exact) mass is 569 g/mol. The van der Waals surface area contributed by atoms with Gasteiger partial charge in [0.1, 0.15) is 35.3 Å². The Balaban J connectivity index is 1.44. The van der Waals surface area contributed by atoms with Gasteiger partial charge in [-0.25, -0.2) is 9.97 Å². The third-order valence-electron chi connectivity index (χ3n) is 7.95. The van der Waals surface area contributed by atoms with Crippen molar-refractivity contribution in [2.45, 2.75) is 27.4 Å². The fourth-order valence-electron chi connectivity index (χ4n) is 6.00. The average Bonchev–Trinajstić information content (AvgIpc) is 3.41. The summed E-state index contributed by atoms with van der Waals surface area (Å²) in [5.74, 6) is 2.48. The van der Waals surface area contributed by atoms with Crippen molar-refractivity contribution in [3.05, 3.63) is 52.7 Å². The van der Waals surface area contributed by atoms with Gasteiger partial charge in [-0.3, -0.25) is 4.79 Å². The number of aromatic nitrogens is 4. The van der Waals surface area contributed by atoms with Crippen LogP contribution in [0.2, 0.25) is 0 Å². The van der Waals surface area contributed by atoms with E-state index < -0.39 is 0 Å². The molecule has 5 aromatic rings. The number of morpholine rings is 1. The maximum atomic E-state index is 13.6. The number of hydrogen-bond donors (Lipinski definition) is 1. The molecule has 0 spiro atoms. The van der Waals surface area contributed by atoms with Crippen LogP contribution in [0.25, 0.3) is 44.3 Å². The predicted molar refractivity (Wildman–Crippen MR) is 155 cm³/mol. The van der Waals surface area contributed by atoms with Gasteiger partial charge in [0, 0.05) is 40.7 Å². The Morgan fingerprint density at radius 3 is 2.60 bits per heavy atom. The van der Waals surface area contributed by atoms with Crippen LogP contribution >= 0.6 is 0 Å². The van der Waals surface area contributed by atoms with Gasteiger partial charge in [0.25, 0.3) is 5.91 Å². The van der Waals surface area contributed by atoms with Gasteiger partial charge in [0.15, 0.2) is 0 Å². The molecule has 11 nitrogen and oxygen atoms in total. The number of nitrogens with zero attached hydrogens (tertiary/aromatic N) is 4. The highest BCUT2D eigenvalue weighted by Gasteiger charge is 2.29. The molecule has 0 bridgehead atoms. The van der Waals surface area contributed by atoms with E-state index >= 15 is 0 Å². The van der Waals surface area contributed by atoms with Crippen molar-refractivity contribution < 1.29 is 28.3 Å². The molecule has 1 N–H and O–H groups in total. The fraction of sp³-hybridized carbons (Fsp3) is 0.355. The highest BCUT2D eigenvalue weighted by molar-refractivity contribution is 6.14. The number of methoxy groups -OCH3 is 1. The molecule has 5 heterocycles. The van der Waals surface area contributed by atoms with E-state index in [9.17, 15) is 4.79 Å². The standard InChI is InChI=1S/C31H31N5O6/c1-16-26(17(2)42-35-16)22-13-24-21(14-25(22)38-4)27-28(32-18(3)33-30(27)34-24)19-5-6-20(29-23(19)15-40-11-12-41-29)31(37)36-7-9-39-10-8-36/h5-6,13-14H,7-12,15H2,1-4H3,(H,32,33,34). The highest BCUT2D eigenvalue weighted by atomic mass is 16.5. The second-order valence-corrected chi connectivity index (χ2v) is 10.5. The number of fused-ring (bicyclic) bond motifs is 4. The Kier molecular flexibility index (Phi) is 6.55. The van der Waals surface area contributed by atoms with Crippen LogP contribution in [0.5, 0.6) is 11.5 Å². The lowest BCUT2D eigenvalue weighted by molar-refractivity contribution is 0.0300. The zero-order chi connectivity index (χ0) is 29.0. The number of hydrogen-bond acceptors (Lipinski definition) is 9. The van der Waals surface area contributed by atoms with Crippen LogP contribution in [0.3, 0.4) is 0 Å². The van der Waals surface area contributed by atoms with Crippen molar-refractivity contribution >= 4 is 27.8 Å². The molecule has 0 saturated carbocycles. The maximum Gasteiger partial charge on any atom is 0.257 e. The molecule has 2 aliphatic rings. The van der Waals surface area contributed by atoms with Crippen LogP contribution in [0.1, 0.15) is 33.2 Å². The van der Waals surface area contributed by atoms with Gasteiger partial charge in [-0.05, 0) is 39.0 Å². The Morgan fingerprint density at radius 2 is 1.83 bits per heavy atom. The van der Waals surface area contributed by atoms with Crippen LogP contribution in [-0.2, 0) is 16.1 Å². The summed E-state index contributed by atoms with van der Waals surface area (Å²) in [6.07, 6.45) is 0. The first-order valence-corrected chi connectivity index (χ1v) is 14.0. The Labute approximate surface area is 241 Å². The Hall–Kier alpha value is -4.48. The topological polar surface area (TPSA) is 125 Å². The number of rotatable bonds is 4. The number of benzene rings is 2. The zero-order valence-electron chi connectivity index (χ0n) is 24.0. The number of carbonyl (C=O) groups is 1. The maximum absolute atomic E-state index is 13.6. The molecule has 0 unspecified atom stereocenters. The lowest BCUT2D eigenvalue weighted by Crippen LogP contribution is -2.40. The normalized spacial score (nSPS) is 15.5. The van der Waals surface area contributed by atoms with Gasteiger partial charge < -0.3 is 33.4 Å². The van der Waals surface area contributed by atoms with Gasteiger partial charge in [0.05, 0.1) is 61.4 Å². The van der Waals surface area contributed by atoms with Crippen molar-refractivity contribution in [1.29, 1.82) is 0 Å². The molecular formula is C31H31N5O6. The first kappa shape index (κ1) is 26.4. The summed E-state index contributed by atoms with van der Waals surface area (Å²) in [5, 5.41) is 5.89. The molecule has 1 amide bonds. The third-order valence-corrected chi connectivity index (χ3v) is 7.95. The van der Waals surface area contributed by atoms with Crippen LogP contribution in [0.15, 0.2) is 28.8 Å². The molecular weight excluding hydrogens is 538 g/mol. The summed E-state index contributed by atoms with van der Waals surface area (Å²) >= 11 is 0. The van der Waals surface area contributed by atoms with Crippen LogP contribution in [0.4, 0.5) is 0 Å². The minimum Gasteiger partial charge on any atom is -0.496 e. The van der Waals surface area contributed by atoms with Gasteiger partial charge in [-0.15, -0.1) is 0 Å². The fourth-order valence-corrected chi connectivity index (χ4v) is 6.00. The largest absolute Gasteiger partial charge is 0.496 e. The molecule has 7 rings (SSSR count). The lowest BCUT2D eigenvalue weighted by Gasteiger charge is -2.28. The van der Waals surface area contributed by atoms with E-state index in [1.807, 2.05) is 49.9 Å². The van der Waals surface area contributed by atoms with E-state index in [4.69, 9.17) is 33.4 Å².